The minimum Gasteiger partial charge on any atom is -0.365 e. The van der Waals surface area contributed by atoms with Crippen molar-refractivity contribution in [3.63, 3.8) is 0 Å². The molecule has 0 saturated carbocycles. The van der Waals surface area contributed by atoms with Crippen molar-refractivity contribution >= 4 is 37.5 Å². The zero-order chi connectivity index (χ0) is 14.7. The minimum absolute atomic E-state index is 0.550. The Kier molecular flexibility index (Phi) is 5.94. The van der Waals surface area contributed by atoms with E-state index in [9.17, 15) is 0 Å². The molecule has 2 rings (SSSR count). The fourth-order valence-corrected chi connectivity index (χ4v) is 3.78. The first-order valence-electron chi connectivity index (χ1n) is 7.48. The summed E-state index contributed by atoms with van der Waals surface area (Å²) in [6, 6.07) is 7.60. The number of hydrogen-bond donors (Lipinski definition) is 1. The lowest BCUT2D eigenvalue weighted by Crippen LogP contribution is -2.58. The molecule has 2 unspecified atom stereocenters. The van der Waals surface area contributed by atoms with Crippen molar-refractivity contribution < 1.29 is 0 Å². The Balaban J connectivity index is 2.28. The maximum atomic E-state index is 3.72. The summed E-state index contributed by atoms with van der Waals surface area (Å²) in [6.45, 7) is 9.04. The van der Waals surface area contributed by atoms with E-state index in [-0.39, 0.29) is 0 Å². The number of halogens is 2. The molecule has 2 nitrogen and oxygen atoms in total. The SMILES string of the molecule is CCCC1CN(c2cc(Br)ccc2Br)C(C(C)C)CN1. The third kappa shape index (κ3) is 3.77. The van der Waals surface area contributed by atoms with Crippen molar-refractivity contribution in [3.8, 4) is 0 Å². The highest BCUT2D eigenvalue weighted by atomic mass is 79.9. The Hall–Kier alpha value is -0.0600. The Bertz CT molecular complexity index is 448. The molecular weight excluding hydrogens is 380 g/mol. The van der Waals surface area contributed by atoms with Gasteiger partial charge >= 0.3 is 0 Å². The maximum Gasteiger partial charge on any atom is 0.0525 e. The van der Waals surface area contributed by atoms with Crippen LogP contribution in [0.5, 0.6) is 0 Å². The summed E-state index contributed by atoms with van der Waals surface area (Å²) in [5.74, 6) is 0.635. The molecule has 1 aliphatic rings. The zero-order valence-corrected chi connectivity index (χ0v) is 15.7. The molecule has 1 N–H and O–H groups in total. The molecule has 2 atom stereocenters. The number of piperazine rings is 1. The summed E-state index contributed by atoms with van der Waals surface area (Å²) in [5.41, 5.74) is 1.31. The lowest BCUT2D eigenvalue weighted by Gasteiger charge is -2.44. The van der Waals surface area contributed by atoms with E-state index in [0.717, 1.165) is 17.6 Å². The van der Waals surface area contributed by atoms with Crippen molar-refractivity contribution in [2.45, 2.75) is 45.7 Å². The number of anilines is 1. The van der Waals surface area contributed by atoms with Crippen LogP contribution in [-0.4, -0.2) is 25.2 Å². The van der Waals surface area contributed by atoms with Gasteiger partial charge in [0.25, 0.3) is 0 Å². The Morgan fingerprint density at radius 3 is 2.75 bits per heavy atom. The summed E-state index contributed by atoms with van der Waals surface area (Å²) in [7, 11) is 0. The molecule has 0 aromatic heterocycles. The van der Waals surface area contributed by atoms with Crippen LogP contribution in [0.4, 0.5) is 5.69 Å². The van der Waals surface area contributed by atoms with E-state index >= 15 is 0 Å². The van der Waals surface area contributed by atoms with Crippen LogP contribution in [0.3, 0.4) is 0 Å². The average Bonchev–Trinajstić information content (AvgIpc) is 2.41. The van der Waals surface area contributed by atoms with Gasteiger partial charge in [-0.25, -0.2) is 0 Å². The van der Waals surface area contributed by atoms with Crippen LogP contribution in [0.15, 0.2) is 27.1 Å². The van der Waals surface area contributed by atoms with Crippen molar-refractivity contribution in [2.75, 3.05) is 18.0 Å². The molecule has 0 spiro atoms. The smallest absolute Gasteiger partial charge is 0.0525 e. The predicted octanol–water partition coefficient (Wildman–Crippen LogP) is 4.81. The zero-order valence-electron chi connectivity index (χ0n) is 12.5. The fraction of sp³-hybridized carbons (Fsp3) is 0.625. The number of rotatable bonds is 4. The number of nitrogens with one attached hydrogen (secondary N) is 1. The Morgan fingerprint density at radius 1 is 1.35 bits per heavy atom. The van der Waals surface area contributed by atoms with E-state index in [4.69, 9.17) is 0 Å². The second kappa shape index (κ2) is 7.28. The number of nitrogens with zero attached hydrogens (tertiary/aromatic N) is 1. The molecule has 1 aliphatic heterocycles. The van der Waals surface area contributed by atoms with Gasteiger partial charge in [0.05, 0.1) is 5.69 Å². The van der Waals surface area contributed by atoms with Gasteiger partial charge in [-0.3, -0.25) is 0 Å². The lowest BCUT2D eigenvalue weighted by atomic mass is 9.96. The minimum atomic E-state index is 0.550. The topological polar surface area (TPSA) is 15.3 Å². The van der Waals surface area contributed by atoms with E-state index in [1.165, 1.54) is 23.0 Å². The summed E-state index contributed by atoms with van der Waals surface area (Å²) in [6.07, 6.45) is 2.48. The Labute approximate surface area is 139 Å². The molecule has 20 heavy (non-hydrogen) atoms. The molecule has 4 heteroatoms. The van der Waals surface area contributed by atoms with Crippen molar-refractivity contribution in [3.05, 3.63) is 27.1 Å². The molecule has 0 aliphatic carbocycles. The van der Waals surface area contributed by atoms with Gasteiger partial charge in [0.1, 0.15) is 0 Å². The Morgan fingerprint density at radius 2 is 2.10 bits per heavy atom. The summed E-state index contributed by atoms with van der Waals surface area (Å²) in [5, 5.41) is 3.72. The summed E-state index contributed by atoms with van der Waals surface area (Å²) in [4.78, 5) is 2.58. The van der Waals surface area contributed by atoms with Gasteiger partial charge in [-0.1, -0.05) is 43.1 Å². The second-order valence-corrected chi connectivity index (χ2v) is 7.72. The standard InChI is InChI=1S/C16H24Br2N2/c1-4-5-13-10-20(16(9-19-13)11(2)3)15-8-12(17)6-7-14(15)18/h6-8,11,13,16,19H,4-5,9-10H2,1-3H3. The first kappa shape index (κ1) is 16.3. The van der Waals surface area contributed by atoms with Gasteiger partial charge in [-0.15, -0.1) is 0 Å². The first-order chi connectivity index (χ1) is 9.52. The van der Waals surface area contributed by atoms with E-state index in [1.807, 2.05) is 0 Å². The van der Waals surface area contributed by atoms with Crippen LogP contribution < -0.4 is 10.2 Å². The van der Waals surface area contributed by atoms with E-state index in [2.05, 4.69) is 81.0 Å². The quantitative estimate of drug-likeness (QED) is 0.775. The molecule has 1 aromatic rings. The fourth-order valence-electron chi connectivity index (χ4n) is 2.96. The molecule has 0 bridgehead atoms. The first-order valence-corrected chi connectivity index (χ1v) is 9.06. The van der Waals surface area contributed by atoms with Gasteiger partial charge in [-0.2, -0.15) is 0 Å². The van der Waals surface area contributed by atoms with Gasteiger partial charge in [0.2, 0.25) is 0 Å². The van der Waals surface area contributed by atoms with E-state index < -0.39 is 0 Å². The predicted molar refractivity (Wildman–Crippen MR) is 94.5 cm³/mol. The van der Waals surface area contributed by atoms with Crippen LogP contribution in [-0.2, 0) is 0 Å². The van der Waals surface area contributed by atoms with Crippen molar-refractivity contribution in [2.24, 2.45) is 5.92 Å². The molecule has 1 saturated heterocycles. The van der Waals surface area contributed by atoms with Crippen LogP contribution >= 0.6 is 31.9 Å². The molecule has 1 heterocycles. The van der Waals surface area contributed by atoms with Gasteiger partial charge in [0, 0.05) is 34.1 Å². The maximum absolute atomic E-state index is 3.72. The number of benzene rings is 1. The average molecular weight is 404 g/mol. The van der Waals surface area contributed by atoms with Gasteiger partial charge < -0.3 is 10.2 Å². The lowest BCUT2D eigenvalue weighted by molar-refractivity contribution is 0.327. The number of hydrogen-bond acceptors (Lipinski definition) is 2. The molecule has 1 aromatic carbocycles. The molecule has 1 fully saturated rings. The summed E-state index contributed by atoms with van der Waals surface area (Å²) >= 11 is 7.32. The van der Waals surface area contributed by atoms with Crippen molar-refractivity contribution in [1.29, 1.82) is 0 Å². The normalized spacial score (nSPS) is 23.4. The van der Waals surface area contributed by atoms with Crippen LogP contribution in [0.2, 0.25) is 0 Å². The highest BCUT2D eigenvalue weighted by Crippen LogP contribution is 2.33. The molecule has 0 radical (unpaired) electrons. The highest BCUT2D eigenvalue weighted by Gasteiger charge is 2.30. The van der Waals surface area contributed by atoms with Crippen LogP contribution in [0.25, 0.3) is 0 Å². The molecule has 112 valence electrons. The van der Waals surface area contributed by atoms with Crippen LogP contribution in [0, 0.1) is 5.92 Å². The second-order valence-electron chi connectivity index (χ2n) is 5.95. The summed E-state index contributed by atoms with van der Waals surface area (Å²) < 4.78 is 2.33. The third-order valence-electron chi connectivity index (χ3n) is 4.06. The third-order valence-corrected chi connectivity index (χ3v) is 5.22. The van der Waals surface area contributed by atoms with Gasteiger partial charge in [-0.05, 0) is 46.5 Å². The van der Waals surface area contributed by atoms with Gasteiger partial charge in [0.15, 0.2) is 0 Å². The monoisotopic (exact) mass is 402 g/mol. The van der Waals surface area contributed by atoms with Crippen LogP contribution in [0.1, 0.15) is 33.6 Å². The van der Waals surface area contributed by atoms with Crippen molar-refractivity contribution in [1.82, 2.24) is 5.32 Å². The van der Waals surface area contributed by atoms with E-state index in [1.54, 1.807) is 0 Å². The largest absolute Gasteiger partial charge is 0.365 e. The molecular formula is C16H24Br2N2. The van der Waals surface area contributed by atoms with E-state index in [0.29, 0.717) is 18.0 Å². The molecule has 0 amide bonds. The highest BCUT2D eigenvalue weighted by molar-refractivity contribution is 9.11.